The first-order valence-corrected chi connectivity index (χ1v) is 13.7. The summed E-state index contributed by atoms with van der Waals surface area (Å²) in [4.78, 5) is 31.5. The molecule has 42 heavy (non-hydrogen) atoms. The number of amides is 2. The highest BCUT2D eigenvalue weighted by Gasteiger charge is 2.52. The molecule has 3 heterocycles. The van der Waals surface area contributed by atoms with Crippen molar-refractivity contribution >= 4 is 29.4 Å². The number of morpholine rings is 1. The van der Waals surface area contributed by atoms with Gasteiger partial charge in [-0.15, -0.1) is 0 Å². The third-order valence-electron chi connectivity index (χ3n) is 7.28. The molecule has 2 amide bonds. The monoisotopic (exact) mass is 608 g/mol. The molecule has 14 heteroatoms. The van der Waals surface area contributed by atoms with Crippen molar-refractivity contribution < 1.29 is 31.9 Å². The van der Waals surface area contributed by atoms with Crippen molar-refractivity contribution in [1.29, 1.82) is 0 Å². The molecule has 2 unspecified atom stereocenters. The Morgan fingerprint density at radius 1 is 1.10 bits per heavy atom. The second-order valence-corrected chi connectivity index (χ2v) is 10.5. The zero-order valence-corrected chi connectivity index (χ0v) is 23.4. The van der Waals surface area contributed by atoms with Crippen molar-refractivity contribution in [3.8, 4) is 0 Å². The number of carbonyl (C=O) groups is 2. The number of piperazine rings is 1. The third-order valence-corrected chi connectivity index (χ3v) is 7.61. The van der Waals surface area contributed by atoms with Gasteiger partial charge in [-0.1, -0.05) is 35.9 Å². The lowest BCUT2D eigenvalue weighted by atomic mass is 9.99. The molecule has 2 aliphatic heterocycles. The summed E-state index contributed by atoms with van der Waals surface area (Å²) < 4.78 is 63.1. The molecular formula is C28H29ClF4N6O3. The maximum atomic E-state index is 14.4. The summed E-state index contributed by atoms with van der Waals surface area (Å²) in [5.41, 5.74) is 0.670. The molecule has 1 N–H and O–H groups in total. The molecule has 0 radical (unpaired) electrons. The fraction of sp³-hybridized carbons (Fsp3) is 0.393. The van der Waals surface area contributed by atoms with Crippen LogP contribution in [0.4, 0.5) is 28.2 Å². The molecular weight excluding hydrogens is 580 g/mol. The number of nitrogens with one attached hydrogen (secondary N) is 1. The van der Waals surface area contributed by atoms with E-state index in [1.165, 1.54) is 35.2 Å². The molecule has 2 aromatic carbocycles. The van der Waals surface area contributed by atoms with Gasteiger partial charge in [-0.25, -0.2) is 9.18 Å². The second kappa shape index (κ2) is 12.3. The molecule has 224 valence electrons. The maximum Gasteiger partial charge on any atom is 0.406 e. The maximum absolute atomic E-state index is 14.4. The van der Waals surface area contributed by atoms with Crippen LogP contribution in [0.15, 0.2) is 54.6 Å². The molecule has 2 saturated heterocycles. The molecule has 5 rings (SSSR count). The van der Waals surface area contributed by atoms with E-state index in [1.807, 2.05) is 0 Å². The van der Waals surface area contributed by atoms with Gasteiger partial charge in [0.1, 0.15) is 23.7 Å². The minimum atomic E-state index is -4.73. The molecule has 0 spiro atoms. The smallest absolute Gasteiger partial charge is 0.378 e. The van der Waals surface area contributed by atoms with Crippen LogP contribution in [0.5, 0.6) is 0 Å². The Balaban J connectivity index is 1.59. The van der Waals surface area contributed by atoms with Crippen LogP contribution in [-0.4, -0.2) is 90.2 Å². The Kier molecular flexibility index (Phi) is 8.71. The quantitative estimate of drug-likeness (QED) is 0.435. The van der Waals surface area contributed by atoms with Crippen LogP contribution < -0.4 is 10.2 Å². The summed E-state index contributed by atoms with van der Waals surface area (Å²) in [7, 11) is 1.64. The minimum absolute atomic E-state index is 0.000487. The van der Waals surface area contributed by atoms with Gasteiger partial charge >= 0.3 is 12.2 Å². The first-order chi connectivity index (χ1) is 20.0. The Hall–Kier alpha value is -3.68. The van der Waals surface area contributed by atoms with Crippen LogP contribution in [0.1, 0.15) is 27.7 Å². The van der Waals surface area contributed by atoms with E-state index in [2.05, 4.69) is 10.4 Å². The predicted molar refractivity (Wildman–Crippen MR) is 147 cm³/mol. The molecule has 0 saturated carbocycles. The first kappa shape index (κ1) is 29.8. The molecule has 2 aliphatic rings. The van der Waals surface area contributed by atoms with Crippen molar-refractivity contribution in [2.75, 3.05) is 51.3 Å². The number of hydrogen-bond donors (Lipinski definition) is 1. The highest BCUT2D eigenvalue weighted by Crippen LogP contribution is 2.38. The number of carbonyl (C=O) groups excluding carboxylic acids is 2. The van der Waals surface area contributed by atoms with E-state index in [-0.39, 0.29) is 68.0 Å². The fourth-order valence-corrected chi connectivity index (χ4v) is 5.41. The summed E-state index contributed by atoms with van der Waals surface area (Å²) in [5, 5.41) is 7.04. The number of anilines is 1. The molecule has 3 aromatic rings. The summed E-state index contributed by atoms with van der Waals surface area (Å²) in [6, 6.07) is 9.10. The number of rotatable bonds is 5. The lowest BCUT2D eigenvalue weighted by Gasteiger charge is -2.44. The number of urea groups is 1. The number of ether oxygens (including phenoxy) is 1. The van der Waals surface area contributed by atoms with Gasteiger partial charge in [0.05, 0.1) is 29.5 Å². The molecule has 2 fully saturated rings. The Morgan fingerprint density at radius 2 is 1.79 bits per heavy atom. The molecule has 2 atom stereocenters. The van der Waals surface area contributed by atoms with Crippen LogP contribution in [-0.2, 0) is 11.3 Å². The van der Waals surface area contributed by atoms with E-state index in [1.54, 1.807) is 36.2 Å². The van der Waals surface area contributed by atoms with Gasteiger partial charge in [-0.05, 0) is 29.8 Å². The van der Waals surface area contributed by atoms with Gasteiger partial charge in [0.2, 0.25) is 0 Å². The number of nitrogens with zero attached hydrogens (tertiary/aromatic N) is 5. The van der Waals surface area contributed by atoms with Crippen LogP contribution in [0.2, 0.25) is 5.02 Å². The zero-order valence-electron chi connectivity index (χ0n) is 22.7. The lowest BCUT2D eigenvalue weighted by molar-refractivity contribution is -0.175. The number of hydrogen-bond acceptors (Lipinski definition) is 6. The summed E-state index contributed by atoms with van der Waals surface area (Å²) >= 11 is 6.30. The molecule has 9 nitrogen and oxygen atoms in total. The SMILES string of the molecule is CN(Cc1ccc(F)cc1)c1cc(C2C(C(F)(F)F)NCCN2C(=O)N2CCOCC2)nn1C(=O)c1ccccc1Cl. The van der Waals surface area contributed by atoms with E-state index < -0.39 is 36.0 Å². The van der Waals surface area contributed by atoms with Crippen LogP contribution in [0, 0.1) is 5.82 Å². The van der Waals surface area contributed by atoms with Gasteiger partial charge in [-0.2, -0.15) is 23.0 Å². The Labute approximate surface area is 244 Å². The van der Waals surface area contributed by atoms with E-state index in [0.717, 1.165) is 9.58 Å². The van der Waals surface area contributed by atoms with Crippen molar-refractivity contribution in [2.45, 2.75) is 24.8 Å². The summed E-state index contributed by atoms with van der Waals surface area (Å²) in [6.07, 6.45) is -4.73. The Morgan fingerprint density at radius 3 is 2.45 bits per heavy atom. The minimum Gasteiger partial charge on any atom is -0.378 e. The number of alkyl halides is 3. The average Bonchev–Trinajstić information content (AvgIpc) is 3.43. The van der Waals surface area contributed by atoms with Crippen LogP contribution >= 0.6 is 11.6 Å². The van der Waals surface area contributed by atoms with Gasteiger partial charge in [0.15, 0.2) is 0 Å². The van der Waals surface area contributed by atoms with E-state index in [4.69, 9.17) is 16.3 Å². The molecule has 1 aromatic heterocycles. The van der Waals surface area contributed by atoms with Crippen molar-refractivity contribution in [2.24, 2.45) is 0 Å². The molecule has 0 bridgehead atoms. The lowest BCUT2D eigenvalue weighted by Crippen LogP contribution is -2.62. The van der Waals surface area contributed by atoms with Crippen molar-refractivity contribution in [3.05, 3.63) is 82.3 Å². The average molecular weight is 609 g/mol. The molecule has 0 aliphatic carbocycles. The standard InChI is InChI=1S/C28H29ClF4N6O3/c1-36(17-18-6-8-19(30)9-7-18)23-16-22(35-39(23)26(40)20-4-2-3-5-21(20)29)24-25(28(31,32)33)34-10-11-38(24)27(41)37-12-14-42-15-13-37/h2-9,16,24-25,34H,10-15,17H2,1H3. The van der Waals surface area contributed by atoms with E-state index >= 15 is 0 Å². The first-order valence-electron chi connectivity index (χ1n) is 13.3. The van der Waals surface area contributed by atoms with Gasteiger partial charge in [-0.3, -0.25) is 4.79 Å². The van der Waals surface area contributed by atoms with E-state index in [0.29, 0.717) is 5.56 Å². The Bertz CT molecular complexity index is 1430. The highest BCUT2D eigenvalue weighted by atomic mass is 35.5. The predicted octanol–water partition coefficient (Wildman–Crippen LogP) is 4.33. The van der Waals surface area contributed by atoms with Gasteiger partial charge < -0.3 is 24.8 Å². The van der Waals surface area contributed by atoms with E-state index in [9.17, 15) is 27.2 Å². The fourth-order valence-electron chi connectivity index (χ4n) is 5.20. The number of benzene rings is 2. The summed E-state index contributed by atoms with van der Waals surface area (Å²) in [5.74, 6) is -0.911. The largest absolute Gasteiger partial charge is 0.406 e. The van der Waals surface area contributed by atoms with Gasteiger partial charge in [0.25, 0.3) is 5.91 Å². The second-order valence-electron chi connectivity index (χ2n) is 10.1. The third kappa shape index (κ3) is 6.22. The number of halogens is 5. The van der Waals surface area contributed by atoms with Gasteiger partial charge in [0, 0.05) is 45.8 Å². The topological polar surface area (TPSA) is 82.9 Å². The summed E-state index contributed by atoms with van der Waals surface area (Å²) in [6.45, 7) is 1.17. The van der Waals surface area contributed by atoms with Crippen LogP contribution in [0.3, 0.4) is 0 Å². The van der Waals surface area contributed by atoms with Crippen LogP contribution in [0.25, 0.3) is 0 Å². The highest BCUT2D eigenvalue weighted by molar-refractivity contribution is 6.33. The normalized spacial score (nSPS) is 19.6. The zero-order chi connectivity index (χ0) is 30.0. The van der Waals surface area contributed by atoms with Crippen molar-refractivity contribution in [1.82, 2.24) is 24.9 Å². The van der Waals surface area contributed by atoms with Crippen molar-refractivity contribution in [3.63, 3.8) is 0 Å². The number of aromatic nitrogens is 2.